The van der Waals surface area contributed by atoms with Crippen molar-refractivity contribution in [3.05, 3.63) is 33.9 Å². The highest BCUT2D eigenvalue weighted by atomic mass is 16.6. The average molecular weight is 324 g/mol. The number of rotatable bonds is 7. The number of nitrogens with zero attached hydrogens (tertiary/aromatic N) is 1. The number of ether oxygens (including phenoxy) is 2. The summed E-state index contributed by atoms with van der Waals surface area (Å²) < 4.78 is 9.71. The van der Waals surface area contributed by atoms with Gasteiger partial charge in [-0.3, -0.25) is 14.9 Å². The van der Waals surface area contributed by atoms with Crippen LogP contribution in [0.5, 0.6) is 5.75 Å². The Hall–Kier alpha value is -2.64. The number of carbonyl (C=O) groups is 2. The molecule has 0 aliphatic rings. The van der Waals surface area contributed by atoms with Gasteiger partial charge in [-0.05, 0) is 25.0 Å². The van der Waals surface area contributed by atoms with Crippen molar-refractivity contribution in [2.75, 3.05) is 13.7 Å². The van der Waals surface area contributed by atoms with E-state index in [0.717, 1.165) is 6.07 Å². The molecule has 0 heterocycles. The summed E-state index contributed by atoms with van der Waals surface area (Å²) in [6, 6.07) is 3.62. The number of hydrogen-bond donors (Lipinski definition) is 1. The van der Waals surface area contributed by atoms with Crippen LogP contribution in [-0.4, -0.2) is 36.6 Å². The van der Waals surface area contributed by atoms with E-state index in [1.165, 1.54) is 19.2 Å². The summed E-state index contributed by atoms with van der Waals surface area (Å²) in [6.45, 7) is 5.43. The summed E-state index contributed by atoms with van der Waals surface area (Å²) in [5.41, 5.74) is -0.373. The molecule has 0 saturated carbocycles. The summed E-state index contributed by atoms with van der Waals surface area (Å²) >= 11 is 0. The molecular weight excluding hydrogens is 304 g/mol. The lowest BCUT2D eigenvalue weighted by atomic mass is 10.1. The minimum absolute atomic E-state index is 0.0319. The zero-order chi connectivity index (χ0) is 17.6. The third-order valence-electron chi connectivity index (χ3n) is 3.32. The fourth-order valence-corrected chi connectivity index (χ4v) is 1.63. The molecule has 23 heavy (non-hydrogen) atoms. The van der Waals surface area contributed by atoms with Crippen molar-refractivity contribution in [2.24, 2.45) is 5.92 Å². The predicted molar refractivity (Wildman–Crippen MR) is 82.4 cm³/mol. The molecule has 0 radical (unpaired) electrons. The summed E-state index contributed by atoms with van der Waals surface area (Å²) in [6.07, 6.45) is 0. The van der Waals surface area contributed by atoms with Crippen molar-refractivity contribution in [1.82, 2.24) is 5.32 Å². The van der Waals surface area contributed by atoms with Gasteiger partial charge in [0.05, 0.1) is 17.6 Å². The normalized spacial score (nSPS) is 11.7. The molecule has 0 spiro atoms. The third kappa shape index (κ3) is 5.24. The van der Waals surface area contributed by atoms with Crippen LogP contribution in [0.2, 0.25) is 0 Å². The molecule has 0 unspecified atom stereocenters. The van der Waals surface area contributed by atoms with Crippen LogP contribution in [0.25, 0.3) is 0 Å². The minimum Gasteiger partial charge on any atom is -0.477 e. The highest BCUT2D eigenvalue weighted by molar-refractivity contribution is 5.90. The van der Waals surface area contributed by atoms with E-state index in [1.54, 1.807) is 0 Å². The Morgan fingerprint density at radius 2 is 1.96 bits per heavy atom. The molecular formula is C15H20N2O6. The Bertz CT molecular complexity index is 600. The smallest absolute Gasteiger partial charge is 0.338 e. The molecule has 1 amide bonds. The van der Waals surface area contributed by atoms with Crippen molar-refractivity contribution in [3.8, 4) is 5.75 Å². The number of carbonyl (C=O) groups excluding carboxylic acids is 2. The van der Waals surface area contributed by atoms with Gasteiger partial charge in [-0.25, -0.2) is 4.79 Å². The first-order valence-corrected chi connectivity index (χ1v) is 7.05. The Kier molecular flexibility index (Phi) is 6.49. The maximum atomic E-state index is 11.8. The van der Waals surface area contributed by atoms with E-state index in [2.05, 4.69) is 10.1 Å². The fourth-order valence-electron chi connectivity index (χ4n) is 1.63. The molecule has 0 fully saturated rings. The van der Waals surface area contributed by atoms with Crippen molar-refractivity contribution < 1.29 is 24.0 Å². The van der Waals surface area contributed by atoms with Gasteiger partial charge in [-0.1, -0.05) is 13.8 Å². The van der Waals surface area contributed by atoms with Crippen LogP contribution in [0.3, 0.4) is 0 Å². The quantitative estimate of drug-likeness (QED) is 0.466. The number of methoxy groups -OCH3 is 1. The van der Waals surface area contributed by atoms with Gasteiger partial charge in [0.15, 0.2) is 12.4 Å². The first-order valence-electron chi connectivity index (χ1n) is 7.05. The summed E-state index contributed by atoms with van der Waals surface area (Å²) in [5.74, 6) is -0.900. The Labute approximate surface area is 133 Å². The van der Waals surface area contributed by atoms with Gasteiger partial charge in [0.2, 0.25) is 0 Å². The summed E-state index contributed by atoms with van der Waals surface area (Å²) in [5, 5.41) is 13.8. The van der Waals surface area contributed by atoms with Gasteiger partial charge in [0.1, 0.15) is 0 Å². The first kappa shape index (κ1) is 18.4. The molecule has 8 heteroatoms. The van der Waals surface area contributed by atoms with Crippen molar-refractivity contribution in [2.45, 2.75) is 26.8 Å². The van der Waals surface area contributed by atoms with Gasteiger partial charge in [-0.2, -0.15) is 0 Å². The van der Waals surface area contributed by atoms with E-state index in [9.17, 15) is 19.7 Å². The van der Waals surface area contributed by atoms with Gasteiger partial charge in [-0.15, -0.1) is 0 Å². The van der Waals surface area contributed by atoms with Crippen LogP contribution in [0, 0.1) is 16.0 Å². The van der Waals surface area contributed by atoms with E-state index in [1.807, 2.05) is 20.8 Å². The number of esters is 1. The molecule has 1 aromatic rings. The molecule has 126 valence electrons. The number of nitrogens with one attached hydrogen (secondary N) is 1. The van der Waals surface area contributed by atoms with E-state index in [0.29, 0.717) is 0 Å². The van der Waals surface area contributed by atoms with Crippen LogP contribution < -0.4 is 10.1 Å². The van der Waals surface area contributed by atoms with Gasteiger partial charge >= 0.3 is 11.7 Å². The Morgan fingerprint density at radius 3 is 2.48 bits per heavy atom. The molecule has 1 aromatic carbocycles. The van der Waals surface area contributed by atoms with E-state index >= 15 is 0 Å². The van der Waals surface area contributed by atoms with Crippen LogP contribution in [0.15, 0.2) is 18.2 Å². The first-order chi connectivity index (χ1) is 10.8. The highest BCUT2D eigenvalue weighted by Gasteiger charge is 2.20. The van der Waals surface area contributed by atoms with Crippen molar-refractivity contribution in [1.29, 1.82) is 0 Å². The van der Waals surface area contributed by atoms with Crippen molar-refractivity contribution in [3.63, 3.8) is 0 Å². The Morgan fingerprint density at radius 1 is 1.30 bits per heavy atom. The maximum absolute atomic E-state index is 11.8. The zero-order valence-corrected chi connectivity index (χ0v) is 13.5. The lowest BCUT2D eigenvalue weighted by Gasteiger charge is -2.17. The molecule has 0 aliphatic heterocycles. The SMILES string of the molecule is COC(=O)c1ccc(OCC(=O)N[C@@H](C)C(C)C)c([N+](=O)[O-])c1. The lowest BCUT2D eigenvalue weighted by Crippen LogP contribution is -2.39. The van der Waals surface area contributed by atoms with E-state index < -0.39 is 16.6 Å². The molecule has 0 saturated heterocycles. The minimum atomic E-state index is -0.692. The van der Waals surface area contributed by atoms with Crippen LogP contribution in [0.1, 0.15) is 31.1 Å². The molecule has 1 N–H and O–H groups in total. The van der Waals surface area contributed by atoms with E-state index in [-0.39, 0.29) is 35.8 Å². The Balaban J connectivity index is 2.82. The zero-order valence-electron chi connectivity index (χ0n) is 13.5. The monoisotopic (exact) mass is 324 g/mol. The third-order valence-corrected chi connectivity index (χ3v) is 3.32. The largest absolute Gasteiger partial charge is 0.477 e. The van der Waals surface area contributed by atoms with Crippen molar-refractivity contribution >= 4 is 17.6 Å². The fraction of sp³-hybridized carbons (Fsp3) is 0.467. The number of amides is 1. The van der Waals surface area contributed by atoms with Crippen LogP contribution >= 0.6 is 0 Å². The standard InChI is InChI=1S/C15H20N2O6/c1-9(2)10(3)16-14(18)8-23-13-6-5-11(15(19)22-4)7-12(13)17(20)21/h5-7,9-10H,8H2,1-4H3,(H,16,18)/t10-/m0/s1. The van der Waals surface area contributed by atoms with Crippen LogP contribution in [0.4, 0.5) is 5.69 Å². The van der Waals surface area contributed by atoms with Gasteiger partial charge in [0, 0.05) is 12.1 Å². The maximum Gasteiger partial charge on any atom is 0.338 e. The number of nitro groups is 1. The second-order valence-electron chi connectivity index (χ2n) is 5.32. The number of benzene rings is 1. The molecule has 0 aliphatic carbocycles. The number of hydrogen-bond acceptors (Lipinski definition) is 6. The second-order valence-corrected chi connectivity index (χ2v) is 5.32. The molecule has 8 nitrogen and oxygen atoms in total. The molecule has 0 aromatic heterocycles. The lowest BCUT2D eigenvalue weighted by molar-refractivity contribution is -0.385. The summed E-state index contributed by atoms with van der Waals surface area (Å²) in [7, 11) is 1.18. The highest BCUT2D eigenvalue weighted by Crippen LogP contribution is 2.28. The summed E-state index contributed by atoms with van der Waals surface area (Å²) in [4.78, 5) is 33.5. The molecule has 1 atom stereocenters. The average Bonchev–Trinajstić information content (AvgIpc) is 2.51. The molecule has 1 rings (SSSR count). The van der Waals surface area contributed by atoms with Gasteiger partial charge < -0.3 is 14.8 Å². The second kappa shape index (κ2) is 8.11. The van der Waals surface area contributed by atoms with Gasteiger partial charge in [0.25, 0.3) is 5.91 Å². The van der Waals surface area contributed by atoms with Crippen LogP contribution in [-0.2, 0) is 9.53 Å². The topological polar surface area (TPSA) is 108 Å². The molecule has 0 bridgehead atoms. The number of nitro benzene ring substituents is 1. The van der Waals surface area contributed by atoms with E-state index in [4.69, 9.17) is 4.74 Å². The predicted octanol–water partition coefficient (Wildman–Crippen LogP) is 1.92.